The second kappa shape index (κ2) is 6.42. The Morgan fingerprint density at radius 1 is 0.792 bits per heavy atom. The normalized spacial score (nSPS) is 10.4. The largest absolute Gasteiger partial charge is 0.384 e. The summed E-state index contributed by atoms with van der Waals surface area (Å²) in [6, 6.07) is 15.2. The van der Waals surface area contributed by atoms with E-state index in [1.807, 2.05) is 54.7 Å². The Morgan fingerprint density at radius 3 is 1.83 bits per heavy atom. The third-order valence-corrected chi connectivity index (χ3v) is 3.74. The van der Waals surface area contributed by atoms with Gasteiger partial charge < -0.3 is 11.1 Å². The quantitative estimate of drug-likeness (QED) is 0.507. The van der Waals surface area contributed by atoms with Crippen LogP contribution in [0.15, 0.2) is 60.9 Å². The number of hydrogen-bond acceptors (Lipinski definition) is 4. The molecule has 0 spiro atoms. The Balaban J connectivity index is 1.84. The van der Waals surface area contributed by atoms with Crippen LogP contribution >= 0.6 is 0 Å². The summed E-state index contributed by atoms with van der Waals surface area (Å²) >= 11 is 0. The number of nitrogen functional groups attached to an aromatic ring is 1. The lowest BCUT2D eigenvalue weighted by Crippen LogP contribution is -2.10. The van der Waals surface area contributed by atoms with Gasteiger partial charge in [-0.25, -0.2) is 0 Å². The van der Waals surface area contributed by atoms with Crippen molar-refractivity contribution < 1.29 is 0 Å². The summed E-state index contributed by atoms with van der Waals surface area (Å²) in [4.78, 5) is 8.78. The number of nitrogens with one attached hydrogen (secondary N) is 2. The molecule has 0 aliphatic heterocycles. The minimum atomic E-state index is 0.0564. The van der Waals surface area contributed by atoms with Crippen molar-refractivity contribution in [3.8, 4) is 22.4 Å². The number of hydrogen-bond donors (Lipinski definition) is 3. The first-order chi connectivity index (χ1) is 11.5. The van der Waals surface area contributed by atoms with Crippen molar-refractivity contribution >= 4 is 11.5 Å². The first-order valence-corrected chi connectivity index (χ1v) is 7.47. The predicted octanol–water partition coefficient (Wildman–Crippen LogP) is 3.48. The van der Waals surface area contributed by atoms with Gasteiger partial charge in [0, 0.05) is 34.6 Å². The topological polar surface area (TPSA) is 99.5 Å². The fraction of sp³-hybridized carbons (Fsp3) is 0.0526. The van der Waals surface area contributed by atoms with E-state index in [0.29, 0.717) is 17.0 Å². The van der Waals surface area contributed by atoms with Gasteiger partial charge in [-0.3, -0.25) is 15.4 Å². The zero-order chi connectivity index (χ0) is 17.1. The number of nitrogens with zero attached hydrogens (tertiary/aromatic N) is 2. The molecular weight excluding hydrogens is 298 g/mol. The van der Waals surface area contributed by atoms with E-state index in [1.54, 1.807) is 13.1 Å². The van der Waals surface area contributed by atoms with Crippen molar-refractivity contribution in [1.29, 1.82) is 10.8 Å². The Bertz CT molecular complexity index is 802. The number of benzene rings is 1. The monoisotopic (exact) mass is 315 g/mol. The summed E-state index contributed by atoms with van der Waals surface area (Å²) < 4.78 is 0. The molecule has 4 N–H and O–H groups in total. The summed E-state index contributed by atoms with van der Waals surface area (Å²) in [5.74, 6) is 0.0564. The fourth-order valence-corrected chi connectivity index (χ4v) is 2.34. The van der Waals surface area contributed by atoms with Crippen LogP contribution in [0, 0.1) is 10.8 Å². The van der Waals surface area contributed by atoms with Crippen LogP contribution in [0.1, 0.15) is 18.2 Å². The summed E-state index contributed by atoms with van der Waals surface area (Å²) in [5.41, 5.74) is 11.0. The van der Waals surface area contributed by atoms with E-state index in [4.69, 9.17) is 16.6 Å². The number of rotatable bonds is 4. The second-order valence-corrected chi connectivity index (χ2v) is 5.48. The van der Waals surface area contributed by atoms with Crippen molar-refractivity contribution in [2.24, 2.45) is 5.73 Å². The minimum Gasteiger partial charge on any atom is -0.384 e. The zero-order valence-corrected chi connectivity index (χ0v) is 13.2. The summed E-state index contributed by atoms with van der Waals surface area (Å²) in [7, 11) is 0. The first-order valence-electron chi connectivity index (χ1n) is 7.47. The molecule has 24 heavy (non-hydrogen) atoms. The van der Waals surface area contributed by atoms with Gasteiger partial charge in [0.1, 0.15) is 5.84 Å². The molecule has 0 aliphatic carbocycles. The third-order valence-electron chi connectivity index (χ3n) is 3.74. The molecule has 0 saturated heterocycles. The SMILES string of the molecule is CC(=N)c1ccc(-c2ccc(-c3ccc(C(=N)N)cc3)nc2)cn1. The smallest absolute Gasteiger partial charge is 0.122 e. The highest BCUT2D eigenvalue weighted by Gasteiger charge is 2.04. The average molecular weight is 315 g/mol. The number of pyridine rings is 2. The zero-order valence-electron chi connectivity index (χ0n) is 13.2. The van der Waals surface area contributed by atoms with Crippen molar-refractivity contribution in [3.63, 3.8) is 0 Å². The lowest BCUT2D eigenvalue weighted by molar-refractivity contribution is 1.26. The van der Waals surface area contributed by atoms with Crippen molar-refractivity contribution in [2.45, 2.75) is 6.92 Å². The van der Waals surface area contributed by atoms with Crippen LogP contribution in [-0.2, 0) is 0 Å². The predicted molar refractivity (Wildman–Crippen MR) is 96.4 cm³/mol. The molecule has 2 aromatic heterocycles. The number of aromatic nitrogens is 2. The summed E-state index contributed by atoms with van der Waals surface area (Å²) in [6.07, 6.45) is 3.56. The molecule has 3 aromatic rings. The lowest BCUT2D eigenvalue weighted by atomic mass is 10.1. The van der Waals surface area contributed by atoms with Gasteiger partial charge in [-0.2, -0.15) is 0 Å². The lowest BCUT2D eigenvalue weighted by Gasteiger charge is -2.06. The molecule has 0 unspecified atom stereocenters. The van der Waals surface area contributed by atoms with E-state index < -0.39 is 0 Å². The Kier molecular flexibility index (Phi) is 4.16. The number of amidine groups is 1. The molecule has 1 aromatic carbocycles. The average Bonchev–Trinajstić information content (AvgIpc) is 2.62. The maximum Gasteiger partial charge on any atom is 0.122 e. The highest BCUT2D eigenvalue weighted by Crippen LogP contribution is 2.22. The highest BCUT2D eigenvalue weighted by atomic mass is 14.7. The van der Waals surface area contributed by atoms with Gasteiger partial charge in [0.2, 0.25) is 0 Å². The maximum absolute atomic E-state index is 7.58. The van der Waals surface area contributed by atoms with E-state index in [9.17, 15) is 0 Å². The van der Waals surface area contributed by atoms with Crippen molar-refractivity contribution in [3.05, 3.63) is 72.2 Å². The molecule has 3 rings (SSSR count). The molecule has 5 heteroatoms. The number of nitrogens with two attached hydrogens (primary N) is 1. The second-order valence-electron chi connectivity index (χ2n) is 5.48. The maximum atomic E-state index is 7.58. The Hall–Kier alpha value is -3.34. The van der Waals surface area contributed by atoms with Gasteiger partial charge in [0.15, 0.2) is 0 Å². The third kappa shape index (κ3) is 3.20. The summed E-state index contributed by atoms with van der Waals surface area (Å²) in [5, 5.41) is 15.0. The van der Waals surface area contributed by atoms with E-state index in [2.05, 4.69) is 9.97 Å². The molecule has 0 saturated carbocycles. The van der Waals surface area contributed by atoms with Gasteiger partial charge in [-0.05, 0) is 19.1 Å². The van der Waals surface area contributed by atoms with Crippen LogP contribution in [0.3, 0.4) is 0 Å². The van der Waals surface area contributed by atoms with Gasteiger partial charge in [-0.15, -0.1) is 0 Å². The van der Waals surface area contributed by atoms with Crippen LogP contribution in [0.4, 0.5) is 0 Å². The molecule has 0 atom stereocenters. The van der Waals surface area contributed by atoms with Crippen LogP contribution < -0.4 is 5.73 Å². The fourth-order valence-electron chi connectivity index (χ4n) is 2.34. The molecule has 0 bridgehead atoms. The van der Waals surface area contributed by atoms with Crippen molar-refractivity contribution in [2.75, 3.05) is 0 Å². The molecular formula is C19H17N5. The van der Waals surface area contributed by atoms with Gasteiger partial charge in [0.05, 0.1) is 17.1 Å². The molecule has 0 amide bonds. The van der Waals surface area contributed by atoms with Crippen LogP contribution in [0.2, 0.25) is 0 Å². The summed E-state index contributed by atoms with van der Waals surface area (Å²) in [6.45, 7) is 1.72. The molecule has 5 nitrogen and oxygen atoms in total. The van der Waals surface area contributed by atoms with E-state index in [0.717, 1.165) is 22.4 Å². The molecule has 0 fully saturated rings. The molecule has 118 valence electrons. The first kappa shape index (κ1) is 15.6. The Morgan fingerprint density at radius 2 is 1.38 bits per heavy atom. The minimum absolute atomic E-state index is 0.0564. The molecule has 0 radical (unpaired) electrons. The highest BCUT2D eigenvalue weighted by molar-refractivity contribution is 5.95. The molecule has 2 heterocycles. The molecule has 0 aliphatic rings. The van der Waals surface area contributed by atoms with Crippen LogP contribution in [0.25, 0.3) is 22.4 Å². The van der Waals surface area contributed by atoms with Gasteiger partial charge in [0.25, 0.3) is 0 Å². The standard InChI is InChI=1S/C19H17N5/c1-12(20)17-8-6-15(10-23-17)16-7-9-18(24-11-16)13-2-4-14(5-3-13)19(21)22/h2-11,20H,1H3,(H3,21,22). The van der Waals surface area contributed by atoms with Gasteiger partial charge in [-0.1, -0.05) is 36.4 Å². The van der Waals surface area contributed by atoms with Crippen LogP contribution in [0.5, 0.6) is 0 Å². The van der Waals surface area contributed by atoms with E-state index in [-0.39, 0.29) is 5.84 Å². The van der Waals surface area contributed by atoms with Crippen LogP contribution in [-0.4, -0.2) is 21.5 Å². The Labute approximate surface area is 140 Å². The van der Waals surface area contributed by atoms with E-state index in [1.165, 1.54) is 0 Å². The van der Waals surface area contributed by atoms with E-state index >= 15 is 0 Å². The van der Waals surface area contributed by atoms with Gasteiger partial charge >= 0.3 is 0 Å². The van der Waals surface area contributed by atoms with Crippen molar-refractivity contribution in [1.82, 2.24) is 9.97 Å².